The summed E-state index contributed by atoms with van der Waals surface area (Å²) in [5.74, 6) is -1.23. The van der Waals surface area contributed by atoms with Gasteiger partial charge in [0.05, 0.1) is 10.5 Å². The lowest BCUT2D eigenvalue weighted by molar-refractivity contribution is 0.0696. The second-order valence-electron chi connectivity index (χ2n) is 2.51. The fourth-order valence-electron chi connectivity index (χ4n) is 0.869. The second kappa shape index (κ2) is 4.36. The number of nitrogens with zero attached hydrogens (tertiary/aromatic N) is 1. The molecule has 0 saturated heterocycles. The summed E-state index contributed by atoms with van der Waals surface area (Å²) in [6, 6.07) is 4.71. The average Bonchev–Trinajstić information content (AvgIpc) is 2.17. The molecule has 1 N–H and O–H groups in total. The monoisotopic (exact) mass is 269 g/mol. The second-order valence-corrected chi connectivity index (χ2v) is 5.55. The quantitative estimate of drug-likeness (QED) is 0.848. The topological polar surface area (TPSA) is 74.7 Å². The Morgan fingerprint density at radius 1 is 1.33 bits per heavy atom. The smallest absolute Gasteiger partial charge is 0.335 e. The highest BCUT2D eigenvalue weighted by Crippen LogP contribution is 2.20. The molecule has 0 bridgehead atoms. The molecule has 82 valence electrons. The molecule has 0 aliphatic rings. The van der Waals surface area contributed by atoms with Crippen LogP contribution in [0.3, 0.4) is 0 Å². The van der Waals surface area contributed by atoms with Crippen molar-refractivity contribution in [3.63, 3.8) is 0 Å². The summed E-state index contributed by atoms with van der Waals surface area (Å²) in [5.41, 5.74) is -0.161. The van der Waals surface area contributed by atoms with Crippen molar-refractivity contribution in [2.45, 2.75) is 4.90 Å². The molecular weight excluding hydrogens is 265 g/mol. The highest BCUT2D eigenvalue weighted by Gasteiger charge is 2.22. The summed E-state index contributed by atoms with van der Waals surface area (Å²) in [5, 5.41) is 8.64. The molecule has 0 fully saturated rings. The number of hydrogen-bond acceptors (Lipinski definition) is 3. The van der Waals surface area contributed by atoms with Crippen molar-refractivity contribution in [1.29, 1.82) is 0 Å². The summed E-state index contributed by atoms with van der Waals surface area (Å²) < 4.78 is 22.7. The van der Waals surface area contributed by atoms with E-state index in [1.54, 1.807) is 0 Å². The van der Waals surface area contributed by atoms with Crippen LogP contribution in [0.15, 0.2) is 29.2 Å². The molecule has 0 heterocycles. The van der Waals surface area contributed by atoms with Gasteiger partial charge in [0.2, 0.25) is 0 Å². The van der Waals surface area contributed by atoms with Crippen LogP contribution < -0.4 is 0 Å². The number of aromatic carboxylic acids is 1. The fraction of sp³-hybridized carbons (Fsp3) is 0. The molecule has 0 amide bonds. The Balaban J connectivity index is 3.29. The van der Waals surface area contributed by atoms with Gasteiger partial charge in [-0.2, -0.15) is 0 Å². The van der Waals surface area contributed by atoms with Crippen LogP contribution in [0, 0.1) is 0 Å². The number of carboxylic acids is 1. The van der Waals surface area contributed by atoms with Crippen LogP contribution in [-0.2, 0) is 10.0 Å². The molecule has 8 heteroatoms. The molecule has 0 spiro atoms. The molecule has 1 rings (SSSR count). The lowest BCUT2D eigenvalue weighted by Gasteiger charge is -2.06. The van der Waals surface area contributed by atoms with E-state index in [2.05, 4.69) is 0 Å². The van der Waals surface area contributed by atoms with Crippen LogP contribution in [0.25, 0.3) is 0 Å². The molecule has 0 radical (unpaired) electrons. The minimum Gasteiger partial charge on any atom is -0.478 e. The molecule has 0 aliphatic heterocycles. The van der Waals surface area contributed by atoms with Crippen LogP contribution in [0.1, 0.15) is 10.4 Å². The van der Waals surface area contributed by atoms with E-state index in [1.807, 2.05) is 0 Å². The van der Waals surface area contributed by atoms with Gasteiger partial charge >= 0.3 is 5.97 Å². The summed E-state index contributed by atoms with van der Waals surface area (Å²) in [7, 11) is -4.03. The Morgan fingerprint density at radius 2 is 1.93 bits per heavy atom. The van der Waals surface area contributed by atoms with E-state index < -0.39 is 16.0 Å². The van der Waals surface area contributed by atoms with E-state index >= 15 is 0 Å². The number of hydrogen-bond donors (Lipinski definition) is 1. The largest absolute Gasteiger partial charge is 0.478 e. The predicted molar refractivity (Wildman–Crippen MR) is 54.1 cm³/mol. The van der Waals surface area contributed by atoms with Crippen LogP contribution in [0.5, 0.6) is 0 Å². The zero-order valence-electron chi connectivity index (χ0n) is 7.09. The molecule has 0 aromatic heterocycles. The van der Waals surface area contributed by atoms with Gasteiger partial charge in [0, 0.05) is 23.6 Å². The van der Waals surface area contributed by atoms with Crippen molar-refractivity contribution < 1.29 is 18.3 Å². The highest BCUT2D eigenvalue weighted by molar-refractivity contribution is 7.91. The van der Waals surface area contributed by atoms with Crippen molar-refractivity contribution in [2.24, 2.45) is 0 Å². The Hall–Kier alpha value is -0.820. The van der Waals surface area contributed by atoms with Crippen molar-refractivity contribution in [2.75, 3.05) is 0 Å². The van der Waals surface area contributed by atoms with Gasteiger partial charge in [-0.1, -0.05) is 6.07 Å². The third-order valence-electron chi connectivity index (χ3n) is 1.56. The van der Waals surface area contributed by atoms with Gasteiger partial charge in [0.15, 0.2) is 0 Å². The number of carboxylic acid groups (broad SMARTS) is 1. The molecular formula is C7H5Cl2NO4S. The highest BCUT2D eigenvalue weighted by atomic mass is 35.5. The first kappa shape index (κ1) is 12.3. The van der Waals surface area contributed by atoms with Crippen LogP contribution >= 0.6 is 23.6 Å². The lowest BCUT2D eigenvalue weighted by atomic mass is 10.2. The zero-order chi connectivity index (χ0) is 11.6. The fourth-order valence-corrected chi connectivity index (χ4v) is 2.03. The van der Waals surface area contributed by atoms with Gasteiger partial charge in [0.1, 0.15) is 0 Å². The van der Waals surface area contributed by atoms with Crippen molar-refractivity contribution in [1.82, 2.24) is 3.34 Å². The van der Waals surface area contributed by atoms with E-state index in [-0.39, 0.29) is 13.8 Å². The first-order valence-electron chi connectivity index (χ1n) is 3.56. The van der Waals surface area contributed by atoms with Gasteiger partial charge in [-0.15, -0.1) is 0 Å². The lowest BCUT2D eigenvalue weighted by Crippen LogP contribution is -2.13. The third kappa shape index (κ3) is 2.60. The molecule has 0 unspecified atom stereocenters. The standard InChI is InChI=1S/C7H5Cl2NO4S/c8-10(9)15(13,14)6-3-1-2-5(4-6)7(11)12/h1-4H,(H,11,12). The normalized spacial score (nSPS) is 11.7. The number of sulfonamides is 1. The van der Waals surface area contributed by atoms with Crippen LogP contribution in [0.4, 0.5) is 0 Å². The molecule has 0 atom stereocenters. The first-order valence-corrected chi connectivity index (χ1v) is 5.67. The number of carbonyl (C=O) groups is 1. The summed E-state index contributed by atoms with van der Waals surface area (Å²) in [4.78, 5) is 10.3. The van der Waals surface area contributed by atoms with E-state index in [0.717, 1.165) is 6.07 Å². The SMILES string of the molecule is O=C(O)c1cccc(S(=O)(=O)N(Cl)Cl)c1. The average molecular weight is 270 g/mol. The molecule has 1 aromatic carbocycles. The van der Waals surface area contributed by atoms with Gasteiger partial charge < -0.3 is 5.11 Å². The molecule has 5 nitrogen and oxygen atoms in total. The minimum absolute atomic E-state index is 0.0199. The summed E-state index contributed by atoms with van der Waals surface area (Å²) >= 11 is 10.2. The Labute approximate surface area is 96.1 Å². The van der Waals surface area contributed by atoms with Crippen LogP contribution in [-0.4, -0.2) is 22.8 Å². The molecule has 1 aromatic rings. The van der Waals surface area contributed by atoms with Crippen LogP contribution in [0.2, 0.25) is 0 Å². The van der Waals surface area contributed by atoms with E-state index in [9.17, 15) is 13.2 Å². The van der Waals surface area contributed by atoms with E-state index in [4.69, 9.17) is 28.7 Å². The van der Waals surface area contributed by atoms with Crippen molar-refractivity contribution in [3.8, 4) is 0 Å². The Kier molecular flexibility index (Phi) is 3.56. The summed E-state index contributed by atoms with van der Waals surface area (Å²) in [6.45, 7) is 0. The molecule has 0 saturated carbocycles. The maximum absolute atomic E-state index is 11.4. The van der Waals surface area contributed by atoms with Gasteiger partial charge in [-0.3, -0.25) is 0 Å². The molecule has 0 aliphatic carbocycles. The zero-order valence-corrected chi connectivity index (χ0v) is 9.42. The number of halogens is 2. The minimum atomic E-state index is -4.03. The van der Waals surface area contributed by atoms with Gasteiger partial charge in [0.25, 0.3) is 10.0 Å². The Bertz CT molecular complexity index is 486. The van der Waals surface area contributed by atoms with Gasteiger partial charge in [-0.05, 0) is 21.5 Å². The molecule has 15 heavy (non-hydrogen) atoms. The maximum atomic E-state index is 11.4. The van der Waals surface area contributed by atoms with Crippen molar-refractivity contribution >= 4 is 39.5 Å². The first-order chi connectivity index (χ1) is 6.85. The number of rotatable bonds is 3. The Morgan fingerprint density at radius 3 is 2.40 bits per heavy atom. The van der Waals surface area contributed by atoms with Crippen molar-refractivity contribution in [3.05, 3.63) is 29.8 Å². The maximum Gasteiger partial charge on any atom is 0.335 e. The van der Waals surface area contributed by atoms with Gasteiger partial charge in [-0.25, -0.2) is 13.2 Å². The third-order valence-corrected chi connectivity index (χ3v) is 3.86. The van der Waals surface area contributed by atoms with E-state index in [1.165, 1.54) is 18.2 Å². The van der Waals surface area contributed by atoms with E-state index in [0.29, 0.717) is 0 Å². The predicted octanol–water partition coefficient (Wildman–Crippen LogP) is 1.68. The number of benzene rings is 1. The summed E-state index contributed by atoms with van der Waals surface area (Å²) in [6.07, 6.45) is 0.